The number of rotatable bonds is 4. The van der Waals surface area contributed by atoms with Crippen LogP contribution in [0.25, 0.3) is 0 Å². The summed E-state index contributed by atoms with van der Waals surface area (Å²) < 4.78 is 0.946. The molecular weight excluding hydrogens is 268 g/mol. The Morgan fingerprint density at radius 1 is 1.56 bits per heavy atom. The fourth-order valence-electron chi connectivity index (χ4n) is 1.81. The van der Waals surface area contributed by atoms with Crippen LogP contribution in [0.4, 0.5) is 11.8 Å². The van der Waals surface area contributed by atoms with Gasteiger partial charge in [0.05, 0.1) is 4.47 Å². The van der Waals surface area contributed by atoms with E-state index < -0.39 is 0 Å². The van der Waals surface area contributed by atoms with E-state index in [9.17, 15) is 0 Å². The monoisotopic (exact) mass is 284 g/mol. The molecule has 1 aliphatic carbocycles. The summed E-state index contributed by atoms with van der Waals surface area (Å²) >= 11 is 3.50. The van der Waals surface area contributed by atoms with Gasteiger partial charge >= 0.3 is 0 Å². The summed E-state index contributed by atoms with van der Waals surface area (Å²) in [6.07, 6.45) is 4.48. The Kier molecular flexibility index (Phi) is 3.33. The van der Waals surface area contributed by atoms with Crippen molar-refractivity contribution in [1.29, 1.82) is 0 Å². The number of halogens is 1. The molecule has 0 radical (unpaired) electrons. The van der Waals surface area contributed by atoms with Gasteiger partial charge in [-0.15, -0.1) is 0 Å². The van der Waals surface area contributed by atoms with Crippen LogP contribution in [0.2, 0.25) is 0 Å². The number of hydrogen-bond donors (Lipinski definition) is 1. The highest BCUT2D eigenvalue weighted by molar-refractivity contribution is 9.10. The highest BCUT2D eigenvalue weighted by Crippen LogP contribution is 2.37. The zero-order chi connectivity index (χ0) is 11.7. The Bertz CT molecular complexity index is 378. The Morgan fingerprint density at radius 3 is 2.81 bits per heavy atom. The molecule has 4 nitrogen and oxygen atoms in total. The Labute approximate surface area is 105 Å². The van der Waals surface area contributed by atoms with E-state index >= 15 is 0 Å². The van der Waals surface area contributed by atoms with Gasteiger partial charge in [0.15, 0.2) is 0 Å². The number of nitrogens with zero attached hydrogens (tertiary/aromatic N) is 3. The molecule has 0 bridgehead atoms. The molecule has 16 heavy (non-hydrogen) atoms. The van der Waals surface area contributed by atoms with E-state index in [0.717, 1.165) is 16.2 Å². The molecule has 1 N–H and O–H groups in total. The maximum atomic E-state index is 4.48. The summed E-state index contributed by atoms with van der Waals surface area (Å²) in [4.78, 5) is 10.9. The quantitative estimate of drug-likeness (QED) is 0.923. The van der Waals surface area contributed by atoms with Crippen molar-refractivity contribution < 1.29 is 0 Å². The van der Waals surface area contributed by atoms with E-state index in [1.165, 1.54) is 12.8 Å². The Hall–Kier alpha value is -0.840. The lowest BCUT2D eigenvalue weighted by Crippen LogP contribution is -2.31. The molecule has 1 aromatic rings. The summed E-state index contributed by atoms with van der Waals surface area (Å²) in [7, 11) is 3.92. The summed E-state index contributed by atoms with van der Waals surface area (Å²) in [5.74, 6) is 2.44. The van der Waals surface area contributed by atoms with E-state index in [4.69, 9.17) is 0 Å². The first-order chi connectivity index (χ1) is 7.63. The molecule has 1 saturated carbocycles. The molecule has 1 heterocycles. The normalized spacial score (nSPS) is 17.0. The van der Waals surface area contributed by atoms with Crippen molar-refractivity contribution in [3.05, 3.63) is 10.7 Å². The summed E-state index contributed by atoms with van der Waals surface area (Å²) in [6.45, 7) is 2.26. The molecule has 0 spiro atoms. The zero-order valence-corrected chi connectivity index (χ0v) is 11.5. The van der Waals surface area contributed by atoms with Gasteiger partial charge in [-0.1, -0.05) is 0 Å². The maximum Gasteiger partial charge on any atom is 0.224 e. The second kappa shape index (κ2) is 4.57. The zero-order valence-electron chi connectivity index (χ0n) is 9.87. The number of hydrogen-bond acceptors (Lipinski definition) is 4. The largest absolute Gasteiger partial charge is 0.357 e. The number of anilines is 2. The summed E-state index contributed by atoms with van der Waals surface area (Å²) in [5, 5.41) is 2.96. The minimum atomic E-state index is 0.538. The van der Waals surface area contributed by atoms with Crippen molar-refractivity contribution >= 4 is 27.7 Å². The second-order valence-corrected chi connectivity index (χ2v) is 5.16. The third-order valence-corrected chi connectivity index (χ3v) is 3.76. The molecule has 5 heteroatoms. The first-order valence-corrected chi connectivity index (χ1v) is 6.36. The van der Waals surface area contributed by atoms with Crippen molar-refractivity contribution in [3.8, 4) is 0 Å². The van der Waals surface area contributed by atoms with Crippen LogP contribution < -0.4 is 10.2 Å². The van der Waals surface area contributed by atoms with Gasteiger partial charge in [-0.25, -0.2) is 4.98 Å². The van der Waals surface area contributed by atoms with Crippen LogP contribution in [-0.4, -0.2) is 30.1 Å². The topological polar surface area (TPSA) is 41.1 Å². The Morgan fingerprint density at radius 2 is 2.25 bits per heavy atom. The average Bonchev–Trinajstić information content (AvgIpc) is 3.12. The van der Waals surface area contributed by atoms with E-state index in [1.54, 1.807) is 6.20 Å². The van der Waals surface area contributed by atoms with Gasteiger partial charge in [0.2, 0.25) is 5.95 Å². The van der Waals surface area contributed by atoms with Gasteiger partial charge in [0.1, 0.15) is 5.82 Å². The molecule has 0 saturated heterocycles. The van der Waals surface area contributed by atoms with Crippen LogP contribution in [0.1, 0.15) is 19.8 Å². The van der Waals surface area contributed by atoms with Crippen molar-refractivity contribution in [2.45, 2.75) is 25.8 Å². The Balaban J connectivity index is 2.23. The van der Waals surface area contributed by atoms with E-state index in [0.29, 0.717) is 12.0 Å². The fraction of sp³-hybridized carbons (Fsp3) is 0.636. The number of aromatic nitrogens is 2. The average molecular weight is 285 g/mol. The molecule has 1 fully saturated rings. The minimum absolute atomic E-state index is 0.538. The van der Waals surface area contributed by atoms with E-state index in [2.05, 4.69) is 50.1 Å². The molecule has 1 aromatic heterocycles. The van der Waals surface area contributed by atoms with E-state index in [-0.39, 0.29) is 0 Å². The molecule has 0 aliphatic heterocycles. The molecule has 1 unspecified atom stereocenters. The van der Waals surface area contributed by atoms with Crippen LogP contribution in [-0.2, 0) is 0 Å². The van der Waals surface area contributed by atoms with Crippen LogP contribution in [0, 0.1) is 5.92 Å². The highest BCUT2D eigenvalue weighted by atomic mass is 79.9. The second-order valence-electron chi connectivity index (χ2n) is 4.30. The van der Waals surface area contributed by atoms with Crippen LogP contribution in [0.5, 0.6) is 0 Å². The van der Waals surface area contributed by atoms with Crippen LogP contribution >= 0.6 is 15.9 Å². The predicted octanol–water partition coefficient (Wildman–Crippen LogP) is 2.52. The van der Waals surface area contributed by atoms with Gasteiger partial charge in [0.25, 0.3) is 0 Å². The molecule has 2 rings (SSSR count). The summed E-state index contributed by atoms with van der Waals surface area (Å²) in [5.41, 5.74) is 0. The van der Waals surface area contributed by atoms with Crippen molar-refractivity contribution in [2.24, 2.45) is 5.92 Å². The van der Waals surface area contributed by atoms with Crippen molar-refractivity contribution in [1.82, 2.24) is 9.97 Å². The van der Waals surface area contributed by atoms with Gasteiger partial charge in [-0.3, -0.25) is 0 Å². The van der Waals surface area contributed by atoms with E-state index in [1.807, 2.05) is 7.05 Å². The predicted molar refractivity (Wildman–Crippen MR) is 69.9 cm³/mol. The van der Waals surface area contributed by atoms with Crippen LogP contribution in [0.15, 0.2) is 10.7 Å². The van der Waals surface area contributed by atoms with Gasteiger partial charge in [-0.05, 0) is 41.6 Å². The third kappa shape index (κ3) is 2.29. The highest BCUT2D eigenvalue weighted by Gasteiger charge is 2.31. The first kappa shape index (κ1) is 11.6. The SMILES string of the molecule is CNc1ncc(Br)c(N(C)C(C)C2CC2)n1. The molecule has 1 atom stereocenters. The molecular formula is C11H17BrN4. The summed E-state index contributed by atoms with van der Waals surface area (Å²) in [6, 6.07) is 0.538. The van der Waals surface area contributed by atoms with Crippen molar-refractivity contribution in [3.63, 3.8) is 0 Å². The molecule has 0 aromatic carbocycles. The first-order valence-electron chi connectivity index (χ1n) is 5.56. The smallest absolute Gasteiger partial charge is 0.224 e. The van der Waals surface area contributed by atoms with Gasteiger partial charge in [0, 0.05) is 26.3 Å². The molecule has 0 amide bonds. The maximum absolute atomic E-state index is 4.48. The standard InChI is InChI=1S/C11H17BrN4/c1-7(8-4-5-8)16(3)10-9(12)6-14-11(13-2)15-10/h6-8H,4-5H2,1-3H3,(H,13,14,15). The molecule has 1 aliphatic rings. The lowest BCUT2D eigenvalue weighted by Gasteiger charge is -2.26. The number of nitrogens with one attached hydrogen (secondary N) is 1. The van der Waals surface area contributed by atoms with Gasteiger partial charge < -0.3 is 10.2 Å². The lowest BCUT2D eigenvalue weighted by atomic mass is 10.2. The van der Waals surface area contributed by atoms with Gasteiger partial charge in [-0.2, -0.15) is 4.98 Å². The fourth-order valence-corrected chi connectivity index (χ4v) is 2.28. The minimum Gasteiger partial charge on any atom is -0.357 e. The molecule has 88 valence electrons. The van der Waals surface area contributed by atoms with Crippen LogP contribution in [0.3, 0.4) is 0 Å². The lowest BCUT2D eigenvalue weighted by molar-refractivity contribution is 0.602. The third-order valence-electron chi connectivity index (χ3n) is 3.20. The van der Waals surface area contributed by atoms with Crippen molar-refractivity contribution in [2.75, 3.05) is 24.3 Å².